The number of rotatable bonds is 1. The molecule has 0 amide bonds. The Morgan fingerprint density at radius 3 is 2.61 bits per heavy atom. The van der Waals surface area contributed by atoms with Crippen LogP contribution in [0.5, 0.6) is 0 Å². The van der Waals surface area contributed by atoms with Crippen molar-refractivity contribution in [2.45, 2.75) is 13.8 Å². The molecule has 90 valence electrons. The van der Waals surface area contributed by atoms with Crippen LogP contribution in [-0.4, -0.2) is 9.38 Å². The van der Waals surface area contributed by atoms with E-state index in [-0.39, 0.29) is 0 Å². The molecule has 2 heterocycles. The first-order valence-corrected chi connectivity index (χ1v) is 5.96. The quantitative estimate of drug-likeness (QED) is 0.706. The molecule has 0 bridgehead atoms. The maximum Gasteiger partial charge on any atom is 0.139 e. The van der Waals surface area contributed by atoms with Crippen molar-refractivity contribution >= 4 is 11.3 Å². The predicted octanol–water partition coefficient (Wildman–Crippen LogP) is 3.20. The number of nitrogens with two attached hydrogens (primary N) is 1. The SMILES string of the molecule is Cc1cn2cc(-c3ccccc3C)nc2cc1N. The first kappa shape index (κ1) is 10.8. The van der Waals surface area contributed by atoms with Crippen LogP contribution in [-0.2, 0) is 0 Å². The molecule has 3 nitrogen and oxygen atoms in total. The van der Waals surface area contributed by atoms with Gasteiger partial charge >= 0.3 is 0 Å². The van der Waals surface area contributed by atoms with Crippen LogP contribution < -0.4 is 5.73 Å². The summed E-state index contributed by atoms with van der Waals surface area (Å²) in [7, 11) is 0. The fraction of sp³-hybridized carbons (Fsp3) is 0.133. The lowest BCUT2D eigenvalue weighted by Gasteiger charge is -1.99. The maximum atomic E-state index is 5.91. The molecule has 2 aromatic heterocycles. The van der Waals surface area contributed by atoms with E-state index >= 15 is 0 Å². The summed E-state index contributed by atoms with van der Waals surface area (Å²) in [4.78, 5) is 4.63. The Balaban J connectivity index is 2.23. The van der Waals surface area contributed by atoms with Gasteiger partial charge in [-0.05, 0) is 25.0 Å². The van der Waals surface area contributed by atoms with Crippen molar-refractivity contribution in [3.63, 3.8) is 0 Å². The fourth-order valence-electron chi connectivity index (χ4n) is 2.14. The molecule has 0 aliphatic carbocycles. The summed E-state index contributed by atoms with van der Waals surface area (Å²) in [6.45, 7) is 4.10. The second-order valence-electron chi connectivity index (χ2n) is 4.62. The van der Waals surface area contributed by atoms with Crippen LogP contribution in [0.15, 0.2) is 42.7 Å². The highest BCUT2D eigenvalue weighted by molar-refractivity contribution is 5.67. The molecule has 0 fully saturated rings. The lowest BCUT2D eigenvalue weighted by Crippen LogP contribution is -1.92. The van der Waals surface area contributed by atoms with Crippen molar-refractivity contribution in [1.29, 1.82) is 0 Å². The average Bonchev–Trinajstić information content (AvgIpc) is 2.73. The van der Waals surface area contributed by atoms with Gasteiger partial charge in [-0.2, -0.15) is 0 Å². The van der Waals surface area contributed by atoms with E-state index in [1.165, 1.54) is 5.56 Å². The Morgan fingerprint density at radius 2 is 1.83 bits per heavy atom. The highest BCUT2D eigenvalue weighted by Crippen LogP contribution is 2.24. The molecule has 2 N–H and O–H groups in total. The highest BCUT2D eigenvalue weighted by atomic mass is 15.0. The summed E-state index contributed by atoms with van der Waals surface area (Å²) in [5, 5.41) is 0. The van der Waals surface area contributed by atoms with Crippen molar-refractivity contribution in [3.8, 4) is 11.3 Å². The second-order valence-corrected chi connectivity index (χ2v) is 4.62. The van der Waals surface area contributed by atoms with Crippen molar-refractivity contribution in [2.75, 3.05) is 5.73 Å². The molecule has 0 saturated heterocycles. The molecule has 0 aliphatic rings. The van der Waals surface area contributed by atoms with Gasteiger partial charge in [0, 0.05) is 29.7 Å². The number of imidazole rings is 1. The molecule has 18 heavy (non-hydrogen) atoms. The van der Waals surface area contributed by atoms with E-state index in [4.69, 9.17) is 5.73 Å². The van der Waals surface area contributed by atoms with E-state index in [1.807, 2.05) is 41.9 Å². The Morgan fingerprint density at radius 1 is 1.06 bits per heavy atom. The summed E-state index contributed by atoms with van der Waals surface area (Å²) in [5.74, 6) is 0. The van der Waals surface area contributed by atoms with Crippen LogP contribution in [0.4, 0.5) is 5.69 Å². The van der Waals surface area contributed by atoms with E-state index in [1.54, 1.807) is 0 Å². The van der Waals surface area contributed by atoms with E-state index in [0.717, 1.165) is 28.2 Å². The minimum absolute atomic E-state index is 0.782. The Hall–Kier alpha value is -2.29. The third-order valence-corrected chi connectivity index (χ3v) is 3.25. The first-order chi connectivity index (χ1) is 8.65. The van der Waals surface area contributed by atoms with Gasteiger partial charge in [-0.15, -0.1) is 0 Å². The van der Waals surface area contributed by atoms with E-state index in [9.17, 15) is 0 Å². The van der Waals surface area contributed by atoms with Gasteiger partial charge in [0.25, 0.3) is 0 Å². The number of hydrogen-bond donors (Lipinski definition) is 1. The van der Waals surface area contributed by atoms with Crippen LogP contribution in [0.25, 0.3) is 16.9 Å². The van der Waals surface area contributed by atoms with Gasteiger partial charge in [-0.3, -0.25) is 0 Å². The second kappa shape index (κ2) is 3.88. The fourth-order valence-corrected chi connectivity index (χ4v) is 2.14. The van der Waals surface area contributed by atoms with Crippen molar-refractivity contribution in [1.82, 2.24) is 9.38 Å². The number of nitrogens with zero attached hydrogens (tertiary/aromatic N) is 2. The molecule has 3 heteroatoms. The maximum absolute atomic E-state index is 5.91. The molecular weight excluding hydrogens is 222 g/mol. The lowest BCUT2D eigenvalue weighted by atomic mass is 10.1. The topological polar surface area (TPSA) is 43.3 Å². The van der Waals surface area contributed by atoms with Crippen LogP contribution in [0.3, 0.4) is 0 Å². The van der Waals surface area contributed by atoms with Gasteiger partial charge in [0.05, 0.1) is 5.69 Å². The van der Waals surface area contributed by atoms with Crippen LogP contribution in [0.2, 0.25) is 0 Å². The largest absolute Gasteiger partial charge is 0.398 e. The monoisotopic (exact) mass is 237 g/mol. The van der Waals surface area contributed by atoms with Crippen molar-refractivity contribution < 1.29 is 0 Å². The number of fused-ring (bicyclic) bond motifs is 1. The number of pyridine rings is 1. The first-order valence-electron chi connectivity index (χ1n) is 5.96. The molecular formula is C15H15N3. The van der Waals surface area contributed by atoms with Gasteiger partial charge in [0.1, 0.15) is 5.65 Å². The summed E-state index contributed by atoms with van der Waals surface area (Å²) in [6, 6.07) is 10.2. The number of aromatic nitrogens is 2. The third-order valence-electron chi connectivity index (χ3n) is 3.25. The normalized spacial score (nSPS) is 11.0. The van der Waals surface area contributed by atoms with Crippen LogP contribution >= 0.6 is 0 Å². The minimum Gasteiger partial charge on any atom is -0.398 e. The molecule has 0 atom stereocenters. The highest BCUT2D eigenvalue weighted by Gasteiger charge is 2.07. The Bertz CT molecular complexity index is 687. The predicted molar refractivity (Wildman–Crippen MR) is 74.5 cm³/mol. The van der Waals surface area contributed by atoms with E-state index in [2.05, 4.69) is 24.0 Å². The van der Waals surface area contributed by atoms with Gasteiger partial charge in [0.15, 0.2) is 0 Å². The molecule has 0 unspecified atom stereocenters. The van der Waals surface area contributed by atoms with Gasteiger partial charge in [-0.25, -0.2) is 4.98 Å². The molecule has 3 rings (SSSR count). The van der Waals surface area contributed by atoms with Gasteiger partial charge in [0.2, 0.25) is 0 Å². The van der Waals surface area contributed by atoms with Crippen LogP contribution in [0.1, 0.15) is 11.1 Å². The number of aryl methyl sites for hydroxylation is 2. The summed E-state index contributed by atoms with van der Waals surface area (Å²) in [6.07, 6.45) is 4.06. The summed E-state index contributed by atoms with van der Waals surface area (Å²) >= 11 is 0. The zero-order valence-corrected chi connectivity index (χ0v) is 10.5. The van der Waals surface area contributed by atoms with E-state index < -0.39 is 0 Å². The number of hydrogen-bond acceptors (Lipinski definition) is 2. The van der Waals surface area contributed by atoms with E-state index in [0.29, 0.717) is 0 Å². The molecule has 1 aromatic carbocycles. The van der Waals surface area contributed by atoms with Crippen molar-refractivity contribution in [3.05, 3.63) is 53.9 Å². The zero-order chi connectivity index (χ0) is 12.7. The number of benzene rings is 1. The summed E-state index contributed by atoms with van der Waals surface area (Å²) < 4.78 is 2.02. The molecule has 0 aliphatic heterocycles. The zero-order valence-electron chi connectivity index (χ0n) is 10.5. The molecule has 0 spiro atoms. The Kier molecular flexibility index (Phi) is 2.33. The smallest absolute Gasteiger partial charge is 0.139 e. The minimum atomic E-state index is 0.782. The number of nitrogen functional groups attached to an aromatic ring is 1. The molecule has 0 radical (unpaired) electrons. The lowest BCUT2D eigenvalue weighted by molar-refractivity contribution is 1.16. The van der Waals surface area contributed by atoms with Gasteiger partial charge < -0.3 is 10.1 Å². The summed E-state index contributed by atoms with van der Waals surface area (Å²) in [5.41, 5.74) is 12.0. The average molecular weight is 237 g/mol. The number of anilines is 1. The van der Waals surface area contributed by atoms with Crippen molar-refractivity contribution in [2.24, 2.45) is 0 Å². The third kappa shape index (κ3) is 1.64. The molecule has 3 aromatic rings. The van der Waals surface area contributed by atoms with Crippen LogP contribution in [0, 0.1) is 13.8 Å². The van der Waals surface area contributed by atoms with Gasteiger partial charge in [-0.1, -0.05) is 24.3 Å². The standard InChI is InChI=1S/C15H15N3/c1-10-5-3-4-6-12(10)14-9-18-8-11(2)13(16)7-15(18)17-14/h3-9H,16H2,1-2H3. The Labute approximate surface area is 106 Å². The molecule has 0 saturated carbocycles.